The molecule has 0 amide bonds. The zero-order chi connectivity index (χ0) is 10.7. The van der Waals surface area contributed by atoms with Gasteiger partial charge in [0.2, 0.25) is 0 Å². The summed E-state index contributed by atoms with van der Waals surface area (Å²) in [7, 11) is 0. The first kappa shape index (κ1) is 10.1. The van der Waals surface area contributed by atoms with Crippen molar-refractivity contribution in [1.82, 2.24) is 15.0 Å². The molecular formula is C11H10ClN3. The molecule has 0 unspecified atom stereocenters. The smallest absolute Gasteiger partial charge is 0.116 e. The Bertz CT molecular complexity index is 471. The Kier molecular flexibility index (Phi) is 2.92. The summed E-state index contributed by atoms with van der Waals surface area (Å²) in [6.45, 7) is 2.06. The predicted octanol–water partition coefficient (Wildman–Crippen LogP) is 2.75. The molecule has 2 aromatic rings. The van der Waals surface area contributed by atoms with E-state index in [4.69, 9.17) is 11.6 Å². The van der Waals surface area contributed by atoms with Crippen LogP contribution in [0.4, 0.5) is 0 Å². The van der Waals surface area contributed by atoms with Crippen LogP contribution in [0.5, 0.6) is 0 Å². The summed E-state index contributed by atoms with van der Waals surface area (Å²) in [4.78, 5) is 12.2. The van der Waals surface area contributed by atoms with E-state index in [2.05, 4.69) is 21.9 Å². The van der Waals surface area contributed by atoms with Crippen molar-refractivity contribution in [2.45, 2.75) is 13.3 Å². The molecule has 0 N–H and O–H groups in total. The van der Waals surface area contributed by atoms with Crippen LogP contribution in [-0.2, 0) is 6.42 Å². The summed E-state index contributed by atoms with van der Waals surface area (Å²) < 4.78 is 0. The highest BCUT2D eigenvalue weighted by Crippen LogP contribution is 2.24. The van der Waals surface area contributed by atoms with Gasteiger partial charge in [0.15, 0.2) is 0 Å². The Morgan fingerprint density at radius 2 is 2.20 bits per heavy atom. The van der Waals surface area contributed by atoms with E-state index < -0.39 is 0 Å². The maximum Gasteiger partial charge on any atom is 0.116 e. The Morgan fingerprint density at radius 3 is 2.93 bits per heavy atom. The fourth-order valence-corrected chi connectivity index (χ4v) is 1.56. The SMILES string of the molecule is CCc1cc(-c2ncncc2Cl)ccn1. The highest BCUT2D eigenvalue weighted by atomic mass is 35.5. The lowest BCUT2D eigenvalue weighted by atomic mass is 10.1. The Balaban J connectivity index is 2.49. The van der Waals surface area contributed by atoms with Gasteiger partial charge in [0.25, 0.3) is 0 Å². The second kappa shape index (κ2) is 4.36. The van der Waals surface area contributed by atoms with Crippen molar-refractivity contribution in [3.8, 4) is 11.3 Å². The Morgan fingerprint density at radius 1 is 1.33 bits per heavy atom. The second-order valence-electron chi connectivity index (χ2n) is 3.11. The van der Waals surface area contributed by atoms with Crippen molar-refractivity contribution < 1.29 is 0 Å². The largest absolute Gasteiger partial charge is 0.261 e. The monoisotopic (exact) mass is 219 g/mol. The van der Waals surface area contributed by atoms with Crippen molar-refractivity contribution in [1.29, 1.82) is 0 Å². The fraction of sp³-hybridized carbons (Fsp3) is 0.182. The minimum atomic E-state index is 0.561. The molecule has 0 radical (unpaired) electrons. The minimum absolute atomic E-state index is 0.561. The summed E-state index contributed by atoms with van der Waals surface area (Å²) >= 11 is 6.01. The van der Waals surface area contributed by atoms with Gasteiger partial charge in [-0.15, -0.1) is 0 Å². The number of aromatic nitrogens is 3. The fourth-order valence-electron chi connectivity index (χ4n) is 1.34. The van der Waals surface area contributed by atoms with Crippen molar-refractivity contribution in [2.75, 3.05) is 0 Å². The van der Waals surface area contributed by atoms with Gasteiger partial charge >= 0.3 is 0 Å². The van der Waals surface area contributed by atoms with Crippen LogP contribution in [0.1, 0.15) is 12.6 Å². The summed E-state index contributed by atoms with van der Waals surface area (Å²) in [6.07, 6.45) is 5.76. The lowest BCUT2D eigenvalue weighted by Gasteiger charge is -2.03. The highest BCUT2D eigenvalue weighted by molar-refractivity contribution is 6.32. The lowest BCUT2D eigenvalue weighted by molar-refractivity contribution is 1.03. The van der Waals surface area contributed by atoms with Gasteiger partial charge in [-0.25, -0.2) is 9.97 Å². The van der Waals surface area contributed by atoms with Crippen LogP contribution in [-0.4, -0.2) is 15.0 Å². The molecule has 3 nitrogen and oxygen atoms in total. The zero-order valence-electron chi connectivity index (χ0n) is 8.31. The van der Waals surface area contributed by atoms with Gasteiger partial charge in [-0.2, -0.15) is 0 Å². The topological polar surface area (TPSA) is 38.7 Å². The molecule has 0 aliphatic heterocycles. The molecule has 0 aliphatic carbocycles. The van der Waals surface area contributed by atoms with E-state index in [0.29, 0.717) is 5.02 Å². The number of halogens is 1. The van der Waals surface area contributed by atoms with Gasteiger partial charge in [-0.05, 0) is 18.6 Å². The van der Waals surface area contributed by atoms with Crippen LogP contribution in [0.15, 0.2) is 30.9 Å². The molecule has 0 saturated heterocycles. The summed E-state index contributed by atoms with van der Waals surface area (Å²) in [6, 6.07) is 3.89. The number of nitrogens with zero attached hydrogens (tertiary/aromatic N) is 3. The van der Waals surface area contributed by atoms with Gasteiger partial charge in [0.05, 0.1) is 10.7 Å². The maximum absolute atomic E-state index is 6.01. The third kappa shape index (κ3) is 2.13. The standard InChI is InChI=1S/C11H10ClN3/c1-2-9-5-8(3-4-14-9)11-10(12)6-13-7-15-11/h3-7H,2H2,1H3. The van der Waals surface area contributed by atoms with Crippen molar-refractivity contribution in [3.63, 3.8) is 0 Å². The number of hydrogen-bond donors (Lipinski definition) is 0. The predicted molar refractivity (Wildman–Crippen MR) is 59.7 cm³/mol. The molecule has 2 rings (SSSR count). The van der Waals surface area contributed by atoms with Crippen LogP contribution < -0.4 is 0 Å². The number of rotatable bonds is 2. The van der Waals surface area contributed by atoms with E-state index >= 15 is 0 Å². The van der Waals surface area contributed by atoms with Crippen LogP contribution in [0.25, 0.3) is 11.3 Å². The van der Waals surface area contributed by atoms with Gasteiger partial charge < -0.3 is 0 Å². The molecule has 0 aliphatic rings. The van der Waals surface area contributed by atoms with Crippen LogP contribution in [0.2, 0.25) is 5.02 Å². The van der Waals surface area contributed by atoms with E-state index in [-0.39, 0.29) is 0 Å². The van der Waals surface area contributed by atoms with Gasteiger partial charge in [-0.3, -0.25) is 4.98 Å². The summed E-state index contributed by atoms with van der Waals surface area (Å²) in [5, 5.41) is 0.561. The average molecular weight is 220 g/mol. The van der Waals surface area contributed by atoms with Crippen LogP contribution in [0.3, 0.4) is 0 Å². The van der Waals surface area contributed by atoms with Gasteiger partial charge in [0, 0.05) is 23.7 Å². The van der Waals surface area contributed by atoms with E-state index in [1.54, 1.807) is 12.4 Å². The molecule has 4 heteroatoms. The van der Waals surface area contributed by atoms with E-state index in [0.717, 1.165) is 23.4 Å². The molecule has 0 aromatic carbocycles. The second-order valence-corrected chi connectivity index (χ2v) is 3.52. The third-order valence-electron chi connectivity index (χ3n) is 2.12. The van der Waals surface area contributed by atoms with Crippen LogP contribution >= 0.6 is 11.6 Å². The summed E-state index contributed by atoms with van der Waals surface area (Å²) in [5.74, 6) is 0. The van der Waals surface area contributed by atoms with Crippen LogP contribution in [0, 0.1) is 0 Å². The Hall–Kier alpha value is -1.48. The quantitative estimate of drug-likeness (QED) is 0.780. The maximum atomic E-state index is 6.01. The molecule has 76 valence electrons. The highest BCUT2D eigenvalue weighted by Gasteiger charge is 2.05. The summed E-state index contributed by atoms with van der Waals surface area (Å²) in [5.41, 5.74) is 2.76. The zero-order valence-corrected chi connectivity index (χ0v) is 9.07. The molecule has 0 saturated carbocycles. The number of hydrogen-bond acceptors (Lipinski definition) is 3. The van der Waals surface area contributed by atoms with Crippen molar-refractivity contribution >= 4 is 11.6 Å². The minimum Gasteiger partial charge on any atom is -0.261 e. The number of aryl methyl sites for hydroxylation is 1. The van der Waals surface area contributed by atoms with Gasteiger partial charge in [-0.1, -0.05) is 18.5 Å². The first-order valence-corrected chi connectivity index (χ1v) is 5.10. The number of pyridine rings is 1. The molecule has 15 heavy (non-hydrogen) atoms. The van der Waals surface area contributed by atoms with Gasteiger partial charge in [0.1, 0.15) is 6.33 Å². The van der Waals surface area contributed by atoms with E-state index in [9.17, 15) is 0 Å². The van der Waals surface area contributed by atoms with E-state index in [1.165, 1.54) is 6.33 Å². The normalized spacial score (nSPS) is 10.3. The molecule has 0 bridgehead atoms. The van der Waals surface area contributed by atoms with E-state index in [1.807, 2.05) is 12.1 Å². The molecule has 0 atom stereocenters. The molecule has 0 fully saturated rings. The molecule has 2 heterocycles. The average Bonchev–Trinajstić information content (AvgIpc) is 2.30. The molecular weight excluding hydrogens is 210 g/mol. The van der Waals surface area contributed by atoms with Crippen molar-refractivity contribution in [3.05, 3.63) is 41.6 Å². The molecule has 0 spiro atoms. The first-order valence-electron chi connectivity index (χ1n) is 4.72. The third-order valence-corrected chi connectivity index (χ3v) is 2.40. The van der Waals surface area contributed by atoms with Crippen molar-refractivity contribution in [2.24, 2.45) is 0 Å². The molecule has 2 aromatic heterocycles. The lowest BCUT2D eigenvalue weighted by Crippen LogP contribution is -1.90. The first-order chi connectivity index (χ1) is 7.31. The Labute approximate surface area is 93.2 Å².